The van der Waals surface area contributed by atoms with E-state index < -0.39 is 11.6 Å². The van der Waals surface area contributed by atoms with Crippen LogP contribution in [0.25, 0.3) is 0 Å². The maximum Gasteiger partial charge on any atom is 0.131 e. The van der Waals surface area contributed by atoms with Gasteiger partial charge < -0.3 is 5.32 Å². The van der Waals surface area contributed by atoms with Crippen LogP contribution in [0.15, 0.2) is 30.3 Å². The highest BCUT2D eigenvalue weighted by Gasteiger charge is 2.25. The summed E-state index contributed by atoms with van der Waals surface area (Å²) in [6, 6.07) is 7.86. The van der Waals surface area contributed by atoms with E-state index in [2.05, 4.69) is 24.4 Å². The third-order valence-corrected chi connectivity index (χ3v) is 3.69. The average molecular weight is 259 g/mol. The van der Waals surface area contributed by atoms with Crippen LogP contribution in [-0.2, 0) is 6.42 Å². The summed E-state index contributed by atoms with van der Waals surface area (Å²) in [7, 11) is 0. The molecule has 0 saturated heterocycles. The molecule has 98 valence electrons. The summed E-state index contributed by atoms with van der Waals surface area (Å²) >= 11 is 0. The molecule has 3 rings (SSSR count). The lowest BCUT2D eigenvalue weighted by atomic mass is 9.98. The Bertz CT molecular complexity index is 649. The second kappa shape index (κ2) is 4.34. The summed E-state index contributed by atoms with van der Waals surface area (Å²) in [5, 5.41) is 3.33. The van der Waals surface area contributed by atoms with E-state index in [1.165, 1.54) is 28.8 Å². The zero-order chi connectivity index (χ0) is 13.6. The first kappa shape index (κ1) is 12.2. The number of benzene rings is 2. The molecule has 0 bridgehead atoms. The fraction of sp³-hybridized carbons (Fsp3) is 0.250. The number of anilines is 1. The minimum absolute atomic E-state index is 0.115. The van der Waals surface area contributed by atoms with Crippen LogP contribution in [0.3, 0.4) is 0 Å². The van der Waals surface area contributed by atoms with E-state index in [-0.39, 0.29) is 6.04 Å². The third kappa shape index (κ3) is 2.09. The van der Waals surface area contributed by atoms with Crippen LogP contribution in [0.1, 0.15) is 28.3 Å². The Hall–Kier alpha value is -1.90. The Morgan fingerprint density at radius 1 is 1.11 bits per heavy atom. The maximum atomic E-state index is 13.8. The van der Waals surface area contributed by atoms with Crippen molar-refractivity contribution in [3.63, 3.8) is 0 Å². The number of fused-ring (bicyclic) bond motifs is 1. The van der Waals surface area contributed by atoms with Gasteiger partial charge >= 0.3 is 0 Å². The number of nitrogens with one attached hydrogen (secondary N) is 1. The van der Waals surface area contributed by atoms with Crippen molar-refractivity contribution >= 4 is 5.69 Å². The molecule has 0 amide bonds. The Morgan fingerprint density at radius 3 is 2.63 bits per heavy atom. The number of aryl methyl sites for hydroxylation is 2. The van der Waals surface area contributed by atoms with Crippen molar-refractivity contribution in [2.75, 3.05) is 5.32 Å². The van der Waals surface area contributed by atoms with E-state index in [0.717, 1.165) is 18.2 Å². The van der Waals surface area contributed by atoms with Gasteiger partial charge in [-0.15, -0.1) is 0 Å². The largest absolute Gasteiger partial charge is 0.378 e. The smallest absolute Gasteiger partial charge is 0.131 e. The molecule has 2 aromatic rings. The summed E-state index contributed by atoms with van der Waals surface area (Å²) in [6.45, 7) is 4.11. The SMILES string of the molecule is Cc1cc(C)c2c(c1)NC(c1ccc(F)cc1F)C2. The van der Waals surface area contributed by atoms with Gasteiger partial charge in [0.25, 0.3) is 0 Å². The molecular weight excluding hydrogens is 244 g/mol. The maximum absolute atomic E-state index is 13.8. The van der Waals surface area contributed by atoms with Gasteiger partial charge in [-0.3, -0.25) is 0 Å². The standard InChI is InChI=1S/C16H15F2N/c1-9-5-10(2)13-8-16(19-15(13)6-9)12-4-3-11(17)7-14(12)18/h3-7,16,19H,8H2,1-2H3. The van der Waals surface area contributed by atoms with Gasteiger partial charge in [-0.05, 0) is 49.1 Å². The second-order valence-electron chi connectivity index (χ2n) is 5.17. The van der Waals surface area contributed by atoms with Crippen LogP contribution in [-0.4, -0.2) is 0 Å². The predicted molar refractivity (Wildman–Crippen MR) is 72.3 cm³/mol. The van der Waals surface area contributed by atoms with Crippen molar-refractivity contribution in [1.82, 2.24) is 0 Å². The Kier molecular flexibility index (Phi) is 2.77. The molecule has 0 spiro atoms. The summed E-state index contributed by atoms with van der Waals surface area (Å²) in [6.07, 6.45) is 0.740. The van der Waals surface area contributed by atoms with Crippen LogP contribution in [0.2, 0.25) is 0 Å². The van der Waals surface area contributed by atoms with Gasteiger partial charge in [-0.1, -0.05) is 12.1 Å². The molecule has 1 heterocycles. The second-order valence-corrected chi connectivity index (χ2v) is 5.17. The zero-order valence-corrected chi connectivity index (χ0v) is 10.9. The molecule has 0 aliphatic carbocycles. The fourth-order valence-corrected chi connectivity index (χ4v) is 2.81. The highest BCUT2D eigenvalue weighted by atomic mass is 19.1. The van der Waals surface area contributed by atoms with E-state index in [1.807, 2.05) is 6.92 Å². The first-order chi connectivity index (χ1) is 9.04. The molecule has 1 unspecified atom stereocenters. The zero-order valence-electron chi connectivity index (χ0n) is 10.9. The molecule has 0 fully saturated rings. The van der Waals surface area contributed by atoms with Crippen LogP contribution in [0.5, 0.6) is 0 Å². The quantitative estimate of drug-likeness (QED) is 0.805. The minimum Gasteiger partial charge on any atom is -0.378 e. The van der Waals surface area contributed by atoms with Gasteiger partial charge in [0.1, 0.15) is 11.6 Å². The molecule has 0 radical (unpaired) electrons. The van der Waals surface area contributed by atoms with Crippen LogP contribution >= 0.6 is 0 Å². The van der Waals surface area contributed by atoms with E-state index in [0.29, 0.717) is 5.56 Å². The summed E-state index contributed by atoms with van der Waals surface area (Å²) < 4.78 is 26.8. The lowest BCUT2D eigenvalue weighted by molar-refractivity contribution is 0.563. The first-order valence-corrected chi connectivity index (χ1v) is 6.36. The molecular formula is C16H15F2N. The molecule has 1 aliphatic rings. The van der Waals surface area contributed by atoms with Gasteiger partial charge in [0.2, 0.25) is 0 Å². The van der Waals surface area contributed by atoms with Gasteiger partial charge in [-0.2, -0.15) is 0 Å². The van der Waals surface area contributed by atoms with Gasteiger partial charge in [0.15, 0.2) is 0 Å². The summed E-state index contributed by atoms with van der Waals surface area (Å²) in [5.41, 5.74) is 5.21. The van der Waals surface area contributed by atoms with Crippen molar-refractivity contribution in [2.24, 2.45) is 0 Å². The molecule has 2 aromatic carbocycles. The Labute approximate surface area is 111 Å². The Balaban J connectivity index is 1.97. The van der Waals surface area contributed by atoms with Gasteiger partial charge in [0.05, 0.1) is 6.04 Å². The molecule has 1 N–H and O–H groups in total. The predicted octanol–water partition coefficient (Wildman–Crippen LogP) is 4.29. The molecule has 1 nitrogen and oxygen atoms in total. The molecule has 3 heteroatoms. The topological polar surface area (TPSA) is 12.0 Å². The van der Waals surface area contributed by atoms with Crippen molar-refractivity contribution in [2.45, 2.75) is 26.3 Å². The lowest BCUT2D eigenvalue weighted by Crippen LogP contribution is -2.08. The van der Waals surface area contributed by atoms with Gasteiger partial charge in [0, 0.05) is 17.3 Å². The van der Waals surface area contributed by atoms with E-state index in [1.54, 1.807) is 0 Å². The number of hydrogen-bond donors (Lipinski definition) is 1. The van der Waals surface area contributed by atoms with Crippen LogP contribution in [0.4, 0.5) is 14.5 Å². The number of hydrogen-bond acceptors (Lipinski definition) is 1. The molecule has 0 aromatic heterocycles. The van der Waals surface area contributed by atoms with Crippen LogP contribution < -0.4 is 5.32 Å². The normalized spacial score (nSPS) is 17.2. The average Bonchev–Trinajstić information content (AvgIpc) is 2.72. The number of rotatable bonds is 1. The van der Waals surface area contributed by atoms with Crippen LogP contribution in [0, 0.1) is 25.5 Å². The van der Waals surface area contributed by atoms with E-state index in [4.69, 9.17) is 0 Å². The summed E-state index contributed by atoms with van der Waals surface area (Å²) in [5.74, 6) is -1.02. The highest BCUT2D eigenvalue weighted by Crippen LogP contribution is 2.37. The first-order valence-electron chi connectivity index (χ1n) is 6.36. The number of halogens is 2. The van der Waals surface area contributed by atoms with Gasteiger partial charge in [-0.25, -0.2) is 8.78 Å². The minimum atomic E-state index is -0.538. The van der Waals surface area contributed by atoms with E-state index >= 15 is 0 Å². The van der Waals surface area contributed by atoms with Crippen molar-refractivity contribution in [3.05, 3.63) is 64.2 Å². The Morgan fingerprint density at radius 2 is 1.89 bits per heavy atom. The summed E-state index contributed by atoms with van der Waals surface area (Å²) in [4.78, 5) is 0. The van der Waals surface area contributed by atoms with Crippen molar-refractivity contribution in [1.29, 1.82) is 0 Å². The third-order valence-electron chi connectivity index (χ3n) is 3.69. The fourth-order valence-electron chi connectivity index (χ4n) is 2.81. The van der Waals surface area contributed by atoms with E-state index in [9.17, 15) is 8.78 Å². The molecule has 1 atom stereocenters. The molecule has 1 aliphatic heterocycles. The molecule has 0 saturated carbocycles. The monoisotopic (exact) mass is 259 g/mol. The highest BCUT2D eigenvalue weighted by molar-refractivity contribution is 5.62. The van der Waals surface area contributed by atoms with Crippen molar-refractivity contribution in [3.8, 4) is 0 Å². The molecule has 19 heavy (non-hydrogen) atoms. The van der Waals surface area contributed by atoms with Crippen molar-refractivity contribution < 1.29 is 8.78 Å². The lowest BCUT2D eigenvalue weighted by Gasteiger charge is -2.12.